The molecule has 0 radical (unpaired) electrons. The lowest BCUT2D eigenvalue weighted by molar-refractivity contribution is 0.0523. The third-order valence-corrected chi connectivity index (χ3v) is 5.34. The highest BCUT2D eigenvalue weighted by Gasteiger charge is 2.34. The number of para-hydroxylation sites is 2. The number of amides is 1. The van der Waals surface area contributed by atoms with Gasteiger partial charge in [0.15, 0.2) is 0 Å². The van der Waals surface area contributed by atoms with Crippen LogP contribution in [0.5, 0.6) is 0 Å². The van der Waals surface area contributed by atoms with E-state index in [-0.39, 0.29) is 11.9 Å². The van der Waals surface area contributed by atoms with Crippen molar-refractivity contribution in [2.75, 3.05) is 13.1 Å². The Labute approximate surface area is 148 Å². The highest BCUT2D eigenvalue weighted by Crippen LogP contribution is 2.29. The van der Waals surface area contributed by atoms with E-state index in [2.05, 4.69) is 24.4 Å². The molecule has 5 rings (SSSR count). The van der Waals surface area contributed by atoms with Gasteiger partial charge in [-0.2, -0.15) is 8.75 Å². The quantitative estimate of drug-likeness (QED) is 0.558. The Kier molecular flexibility index (Phi) is 3.11. The van der Waals surface area contributed by atoms with Crippen LogP contribution in [-0.4, -0.2) is 42.2 Å². The summed E-state index contributed by atoms with van der Waals surface area (Å²) in [4.78, 5) is 19.2. The van der Waals surface area contributed by atoms with Gasteiger partial charge in [0, 0.05) is 18.7 Å². The summed E-state index contributed by atoms with van der Waals surface area (Å²) in [6.45, 7) is 3.43. The Morgan fingerprint density at radius 3 is 2.76 bits per heavy atom. The third-order valence-electron chi connectivity index (χ3n) is 4.79. The van der Waals surface area contributed by atoms with Crippen LogP contribution in [0, 0.1) is 6.92 Å². The van der Waals surface area contributed by atoms with Gasteiger partial charge in [-0.3, -0.25) is 4.79 Å². The summed E-state index contributed by atoms with van der Waals surface area (Å²) in [6.07, 6.45) is 0. The molecule has 4 aromatic rings. The number of hydrogen-bond donors (Lipinski definition) is 0. The number of fused-ring (bicyclic) bond motifs is 2. The van der Waals surface area contributed by atoms with Crippen molar-refractivity contribution in [1.29, 1.82) is 0 Å². The number of rotatable bonds is 2. The van der Waals surface area contributed by atoms with Crippen molar-refractivity contribution >= 4 is 39.7 Å². The molecule has 2 aromatic carbocycles. The van der Waals surface area contributed by atoms with Crippen LogP contribution in [0.15, 0.2) is 42.5 Å². The van der Waals surface area contributed by atoms with E-state index >= 15 is 0 Å². The number of aryl methyl sites for hydroxylation is 1. The molecule has 0 atom stereocenters. The van der Waals surface area contributed by atoms with Crippen molar-refractivity contribution < 1.29 is 4.79 Å². The fourth-order valence-electron chi connectivity index (χ4n) is 3.51. The molecule has 0 bridgehead atoms. The van der Waals surface area contributed by atoms with Crippen LogP contribution in [0.1, 0.15) is 22.2 Å². The number of imidazole rings is 1. The fraction of sp³-hybridized carbons (Fsp3) is 0.222. The second kappa shape index (κ2) is 5.35. The Balaban J connectivity index is 1.38. The topological polar surface area (TPSA) is 63.9 Å². The van der Waals surface area contributed by atoms with Gasteiger partial charge in [-0.05, 0) is 37.3 Å². The zero-order valence-corrected chi connectivity index (χ0v) is 14.4. The van der Waals surface area contributed by atoms with E-state index in [1.54, 1.807) is 0 Å². The number of hydrogen-bond acceptors (Lipinski definition) is 5. The average molecular weight is 349 g/mol. The van der Waals surface area contributed by atoms with Crippen LogP contribution in [0.2, 0.25) is 0 Å². The Morgan fingerprint density at radius 1 is 1.08 bits per heavy atom. The summed E-state index contributed by atoms with van der Waals surface area (Å²) in [6, 6.07) is 13.9. The van der Waals surface area contributed by atoms with Crippen LogP contribution in [0.4, 0.5) is 0 Å². The molecule has 0 spiro atoms. The molecule has 3 heterocycles. The second-order valence-corrected chi connectivity index (χ2v) is 6.88. The molecule has 7 heteroatoms. The molecule has 0 N–H and O–H groups in total. The van der Waals surface area contributed by atoms with E-state index < -0.39 is 0 Å². The lowest BCUT2D eigenvalue weighted by Crippen LogP contribution is -2.50. The van der Waals surface area contributed by atoms with Gasteiger partial charge in [-0.1, -0.05) is 12.1 Å². The normalized spacial score (nSPS) is 15.0. The monoisotopic (exact) mass is 349 g/mol. The molecule has 0 aliphatic carbocycles. The first kappa shape index (κ1) is 14.5. The minimum Gasteiger partial charge on any atom is -0.334 e. The lowest BCUT2D eigenvalue weighted by Gasteiger charge is -2.40. The van der Waals surface area contributed by atoms with Crippen LogP contribution >= 0.6 is 11.7 Å². The summed E-state index contributed by atoms with van der Waals surface area (Å²) >= 11 is 1.17. The molecule has 1 aliphatic rings. The minimum absolute atomic E-state index is 0.0493. The van der Waals surface area contributed by atoms with E-state index in [0.717, 1.165) is 27.9 Å². The number of carbonyl (C=O) groups excluding carboxylic acids is 1. The minimum atomic E-state index is 0.0493. The summed E-state index contributed by atoms with van der Waals surface area (Å²) in [5, 5.41) is 0. The zero-order chi connectivity index (χ0) is 17.0. The van der Waals surface area contributed by atoms with Gasteiger partial charge >= 0.3 is 0 Å². The largest absolute Gasteiger partial charge is 0.334 e. The molecule has 1 saturated heterocycles. The molecule has 1 amide bonds. The molecular formula is C18H15N5OS. The van der Waals surface area contributed by atoms with Crippen molar-refractivity contribution in [2.45, 2.75) is 13.0 Å². The maximum atomic E-state index is 12.7. The molecular weight excluding hydrogens is 334 g/mol. The first-order valence-electron chi connectivity index (χ1n) is 8.16. The molecule has 1 aliphatic heterocycles. The Bertz CT molecular complexity index is 1110. The molecule has 0 unspecified atom stereocenters. The average Bonchev–Trinajstić information content (AvgIpc) is 3.17. The molecule has 25 heavy (non-hydrogen) atoms. The smallest absolute Gasteiger partial charge is 0.254 e. The second-order valence-electron chi connectivity index (χ2n) is 6.35. The fourth-order valence-corrected chi connectivity index (χ4v) is 4.03. The van der Waals surface area contributed by atoms with E-state index in [9.17, 15) is 4.79 Å². The van der Waals surface area contributed by atoms with E-state index in [4.69, 9.17) is 0 Å². The van der Waals surface area contributed by atoms with Gasteiger partial charge in [0.05, 0.1) is 28.8 Å². The highest BCUT2D eigenvalue weighted by molar-refractivity contribution is 7.00. The number of nitrogens with zero attached hydrogens (tertiary/aromatic N) is 5. The van der Waals surface area contributed by atoms with Gasteiger partial charge in [0.2, 0.25) is 0 Å². The third kappa shape index (κ3) is 2.23. The summed E-state index contributed by atoms with van der Waals surface area (Å²) in [5.41, 5.74) is 4.43. The highest BCUT2D eigenvalue weighted by atomic mass is 32.1. The van der Waals surface area contributed by atoms with Crippen LogP contribution < -0.4 is 0 Å². The first-order chi connectivity index (χ1) is 12.2. The van der Waals surface area contributed by atoms with Gasteiger partial charge in [-0.15, -0.1) is 0 Å². The van der Waals surface area contributed by atoms with Crippen molar-refractivity contribution in [2.24, 2.45) is 0 Å². The maximum absolute atomic E-state index is 12.7. The van der Waals surface area contributed by atoms with Gasteiger partial charge in [0.25, 0.3) is 5.91 Å². The van der Waals surface area contributed by atoms with Crippen molar-refractivity contribution in [3.8, 4) is 0 Å². The van der Waals surface area contributed by atoms with Crippen LogP contribution in [-0.2, 0) is 0 Å². The predicted molar refractivity (Wildman–Crippen MR) is 96.8 cm³/mol. The Morgan fingerprint density at radius 2 is 1.88 bits per heavy atom. The molecule has 2 aromatic heterocycles. The van der Waals surface area contributed by atoms with Gasteiger partial charge in [0.1, 0.15) is 16.9 Å². The number of benzene rings is 2. The van der Waals surface area contributed by atoms with Crippen LogP contribution in [0.3, 0.4) is 0 Å². The van der Waals surface area contributed by atoms with E-state index in [0.29, 0.717) is 18.7 Å². The molecule has 0 saturated carbocycles. The standard InChI is InChI=1S/C18H15N5OS/c1-11-19-15-4-2-3-5-17(15)23(11)13-9-22(10-13)18(24)12-6-7-14-16(8-12)21-25-20-14/h2-8,13H,9-10H2,1H3. The molecule has 1 fully saturated rings. The van der Waals surface area contributed by atoms with Gasteiger partial charge in [-0.25, -0.2) is 4.98 Å². The van der Waals surface area contributed by atoms with Crippen LogP contribution in [0.25, 0.3) is 22.1 Å². The van der Waals surface area contributed by atoms with Crippen molar-refractivity contribution in [1.82, 2.24) is 23.2 Å². The number of likely N-dealkylation sites (tertiary alicyclic amines) is 1. The van der Waals surface area contributed by atoms with E-state index in [1.165, 1.54) is 11.7 Å². The van der Waals surface area contributed by atoms with Gasteiger partial charge < -0.3 is 9.47 Å². The molecule has 124 valence electrons. The summed E-state index contributed by atoms with van der Waals surface area (Å²) < 4.78 is 10.6. The van der Waals surface area contributed by atoms with E-state index in [1.807, 2.05) is 48.2 Å². The van der Waals surface area contributed by atoms with Crippen molar-refractivity contribution in [3.05, 3.63) is 53.9 Å². The number of aromatic nitrogens is 4. The summed E-state index contributed by atoms with van der Waals surface area (Å²) in [5.74, 6) is 1.04. The lowest BCUT2D eigenvalue weighted by atomic mass is 10.1. The molecule has 6 nitrogen and oxygen atoms in total. The first-order valence-corrected chi connectivity index (χ1v) is 8.89. The van der Waals surface area contributed by atoms with Crippen molar-refractivity contribution in [3.63, 3.8) is 0 Å². The number of carbonyl (C=O) groups is 1. The zero-order valence-electron chi connectivity index (χ0n) is 13.6. The Hall–Kier alpha value is -2.80. The predicted octanol–water partition coefficient (Wildman–Crippen LogP) is 3.05. The summed E-state index contributed by atoms with van der Waals surface area (Å²) in [7, 11) is 0. The SMILES string of the molecule is Cc1nc2ccccc2n1C1CN(C(=O)c2ccc3nsnc3c2)C1. The maximum Gasteiger partial charge on any atom is 0.254 e.